The molecule has 0 rings (SSSR count). The molecule has 64 valence electrons. The molecule has 0 bridgehead atoms. The Bertz CT molecular complexity index is 197. The van der Waals surface area contributed by atoms with Crippen LogP contribution in [0.5, 0.6) is 0 Å². The maximum absolute atomic E-state index is 12.4. The first-order valence-electron chi connectivity index (χ1n) is 3.17. The second-order valence-corrected chi connectivity index (χ2v) is 3.29. The van der Waals surface area contributed by atoms with E-state index in [2.05, 4.69) is 0 Å². The molecule has 0 aliphatic heterocycles. The summed E-state index contributed by atoms with van der Waals surface area (Å²) in [6.45, 7) is 4.76. The van der Waals surface area contributed by atoms with Crippen LogP contribution in [0.4, 0.5) is 8.78 Å². The summed E-state index contributed by atoms with van der Waals surface area (Å²) in [6, 6.07) is 0. The van der Waals surface area contributed by atoms with Gasteiger partial charge in [-0.3, -0.25) is 5.41 Å². The Morgan fingerprint density at radius 1 is 1.27 bits per heavy atom. The second-order valence-electron chi connectivity index (χ2n) is 3.29. The summed E-state index contributed by atoms with van der Waals surface area (Å²) in [6.07, 6.45) is 0. The number of hydrogen-bond acceptors (Lipinski definition) is 2. The number of nitrogens with two attached hydrogens (primary N) is 1. The van der Waals surface area contributed by atoms with Gasteiger partial charge in [0.2, 0.25) is 5.97 Å². The van der Waals surface area contributed by atoms with E-state index in [0.717, 1.165) is 0 Å². The molecular weight excluding hydrogens is 150 g/mol. The van der Waals surface area contributed by atoms with Crippen molar-refractivity contribution in [2.24, 2.45) is 11.1 Å². The van der Waals surface area contributed by atoms with Crippen molar-refractivity contribution in [3.8, 4) is 0 Å². The first kappa shape index (κ1) is 10.1. The molecule has 11 heavy (non-hydrogen) atoms. The number of nitrogens with one attached hydrogen (secondary N) is 1. The first-order valence-corrected chi connectivity index (χ1v) is 3.17. The average molecular weight is 162 g/mol. The minimum absolute atomic E-state index is 0.377. The van der Waals surface area contributed by atoms with E-state index in [1.165, 1.54) is 0 Å². The molecule has 0 aromatic heterocycles. The van der Waals surface area contributed by atoms with Crippen molar-refractivity contribution in [2.75, 3.05) is 0 Å². The highest BCUT2D eigenvalue weighted by Crippen LogP contribution is 2.28. The molecule has 0 aromatic rings. The van der Waals surface area contributed by atoms with Gasteiger partial charge in [-0.1, -0.05) is 20.8 Å². The fraction of sp³-hybridized carbons (Fsp3) is 0.571. The lowest BCUT2D eigenvalue weighted by Crippen LogP contribution is -2.18. The largest absolute Gasteiger partial charge is 0.375 e. The molecule has 3 N–H and O–H groups in total. The molecule has 0 atom stereocenters. The molecule has 0 spiro atoms. The van der Waals surface area contributed by atoms with Gasteiger partial charge in [-0.05, 0) is 5.41 Å². The SMILES string of the molecule is CC(C)(C)/C(C(=N)F)=C(/N)F. The molecule has 0 saturated heterocycles. The third kappa shape index (κ3) is 2.65. The van der Waals surface area contributed by atoms with Crippen LogP contribution in [0.15, 0.2) is 11.5 Å². The predicted octanol–water partition coefficient (Wildman–Crippen LogP) is 2.12. The molecule has 0 saturated carbocycles. The average Bonchev–Trinajstić information content (AvgIpc) is 1.54. The van der Waals surface area contributed by atoms with Gasteiger partial charge in [0.1, 0.15) is 0 Å². The zero-order chi connectivity index (χ0) is 9.23. The molecule has 0 heterocycles. The van der Waals surface area contributed by atoms with E-state index in [9.17, 15) is 8.78 Å². The highest BCUT2D eigenvalue weighted by molar-refractivity contribution is 5.91. The third-order valence-electron chi connectivity index (χ3n) is 1.21. The summed E-state index contributed by atoms with van der Waals surface area (Å²) in [4.78, 5) is 0. The number of hydrogen-bond donors (Lipinski definition) is 2. The van der Waals surface area contributed by atoms with Crippen molar-refractivity contribution in [3.63, 3.8) is 0 Å². The summed E-state index contributed by atoms with van der Waals surface area (Å²) in [5.74, 6) is -2.43. The fourth-order valence-corrected chi connectivity index (χ4v) is 0.792. The fourth-order valence-electron chi connectivity index (χ4n) is 0.792. The third-order valence-corrected chi connectivity index (χ3v) is 1.21. The van der Waals surface area contributed by atoms with E-state index in [4.69, 9.17) is 11.1 Å². The van der Waals surface area contributed by atoms with Crippen molar-refractivity contribution in [1.82, 2.24) is 0 Å². The van der Waals surface area contributed by atoms with Gasteiger partial charge in [0, 0.05) is 0 Å². The van der Waals surface area contributed by atoms with Crippen LogP contribution in [0.3, 0.4) is 0 Å². The standard InChI is InChI=1S/C7H12F2N2/c1-7(2,3)4(5(8)10)6(9)11/h10H,11H2,1-3H3/b6-4+,10-5?. The number of allylic oxidation sites excluding steroid dienone is 1. The van der Waals surface area contributed by atoms with Crippen molar-refractivity contribution in [3.05, 3.63) is 11.5 Å². The van der Waals surface area contributed by atoms with Gasteiger partial charge >= 0.3 is 0 Å². The predicted molar refractivity (Wildman–Crippen MR) is 40.6 cm³/mol. The monoisotopic (exact) mass is 162 g/mol. The molecule has 0 fully saturated rings. The molecule has 0 radical (unpaired) electrons. The van der Waals surface area contributed by atoms with Crippen LogP contribution in [0.25, 0.3) is 0 Å². The molecule has 0 aliphatic rings. The van der Waals surface area contributed by atoms with Crippen LogP contribution in [0.1, 0.15) is 20.8 Å². The van der Waals surface area contributed by atoms with Gasteiger partial charge in [-0.2, -0.15) is 8.78 Å². The molecule has 0 aromatic carbocycles. The summed E-state index contributed by atoms with van der Waals surface area (Å²) in [7, 11) is 0. The molecule has 2 nitrogen and oxygen atoms in total. The lowest BCUT2D eigenvalue weighted by Gasteiger charge is -2.19. The van der Waals surface area contributed by atoms with Gasteiger partial charge in [-0.15, -0.1) is 0 Å². The van der Waals surface area contributed by atoms with Gasteiger partial charge in [-0.25, -0.2) is 0 Å². The van der Waals surface area contributed by atoms with Gasteiger partial charge in [0.25, 0.3) is 0 Å². The normalized spacial score (nSPS) is 14.3. The topological polar surface area (TPSA) is 49.9 Å². The minimum Gasteiger partial charge on any atom is -0.375 e. The molecule has 0 amide bonds. The second kappa shape index (κ2) is 2.98. The number of halogens is 2. The van der Waals surface area contributed by atoms with Gasteiger partial charge < -0.3 is 5.73 Å². The van der Waals surface area contributed by atoms with Crippen molar-refractivity contribution < 1.29 is 8.78 Å². The maximum Gasteiger partial charge on any atom is 0.213 e. The zero-order valence-electron chi connectivity index (χ0n) is 6.83. The zero-order valence-corrected chi connectivity index (χ0v) is 6.83. The Balaban J connectivity index is 4.96. The lowest BCUT2D eigenvalue weighted by molar-refractivity contribution is 0.477. The minimum atomic E-state index is -1.31. The van der Waals surface area contributed by atoms with E-state index in [-0.39, 0.29) is 5.57 Å². The highest BCUT2D eigenvalue weighted by Gasteiger charge is 2.24. The van der Waals surface area contributed by atoms with Crippen molar-refractivity contribution in [1.29, 1.82) is 5.41 Å². The molecule has 0 aliphatic carbocycles. The van der Waals surface area contributed by atoms with Crippen molar-refractivity contribution in [2.45, 2.75) is 20.8 Å². The molecular formula is C7H12F2N2. The Morgan fingerprint density at radius 3 is 1.64 bits per heavy atom. The van der Waals surface area contributed by atoms with Gasteiger partial charge in [0.05, 0.1) is 5.57 Å². The van der Waals surface area contributed by atoms with E-state index >= 15 is 0 Å². The summed E-state index contributed by atoms with van der Waals surface area (Å²) >= 11 is 0. The molecule has 4 heteroatoms. The quantitative estimate of drug-likeness (QED) is 0.450. The molecule has 0 unspecified atom stereocenters. The van der Waals surface area contributed by atoms with Crippen LogP contribution < -0.4 is 5.73 Å². The Hall–Kier alpha value is -0.930. The van der Waals surface area contributed by atoms with Crippen molar-refractivity contribution >= 4 is 5.97 Å². The Labute approximate surface area is 64.6 Å². The first-order chi connectivity index (χ1) is 4.76. The summed E-state index contributed by atoms with van der Waals surface area (Å²) in [5, 5.41) is 6.59. The van der Waals surface area contributed by atoms with Crippen LogP contribution in [0.2, 0.25) is 0 Å². The van der Waals surface area contributed by atoms with E-state index < -0.39 is 17.3 Å². The van der Waals surface area contributed by atoms with Crippen LogP contribution >= 0.6 is 0 Å². The van der Waals surface area contributed by atoms with E-state index in [0.29, 0.717) is 0 Å². The number of rotatable bonds is 1. The Morgan fingerprint density at radius 2 is 1.64 bits per heavy atom. The van der Waals surface area contributed by atoms with Crippen LogP contribution in [0, 0.1) is 10.8 Å². The summed E-state index contributed by atoms with van der Waals surface area (Å²) in [5.41, 5.74) is 3.62. The Kier molecular flexibility index (Phi) is 2.73. The lowest BCUT2D eigenvalue weighted by atomic mass is 9.87. The van der Waals surface area contributed by atoms with Gasteiger partial charge in [0.15, 0.2) is 5.95 Å². The smallest absolute Gasteiger partial charge is 0.213 e. The maximum atomic E-state index is 12.4. The highest BCUT2D eigenvalue weighted by atomic mass is 19.1. The van der Waals surface area contributed by atoms with Crippen LogP contribution in [-0.2, 0) is 0 Å². The van der Waals surface area contributed by atoms with E-state index in [1.807, 2.05) is 0 Å². The van der Waals surface area contributed by atoms with E-state index in [1.54, 1.807) is 20.8 Å². The summed E-state index contributed by atoms with van der Waals surface area (Å²) < 4.78 is 24.7. The van der Waals surface area contributed by atoms with Crippen LogP contribution in [-0.4, -0.2) is 5.97 Å².